The molecule has 0 aromatic heterocycles. The fraction of sp³-hybridized carbons (Fsp3) is 0.464. The predicted octanol–water partition coefficient (Wildman–Crippen LogP) is 4.70. The lowest BCUT2D eigenvalue weighted by atomic mass is 9.78. The number of ether oxygens (including phenoxy) is 1. The van der Waals surface area contributed by atoms with Crippen LogP contribution in [0.3, 0.4) is 0 Å². The predicted molar refractivity (Wildman–Crippen MR) is 133 cm³/mol. The van der Waals surface area contributed by atoms with E-state index in [-0.39, 0.29) is 42.7 Å². The van der Waals surface area contributed by atoms with Gasteiger partial charge in [0, 0.05) is 24.4 Å². The topological polar surface area (TPSA) is 105 Å². The number of carbonyl (C=O) groups excluding carboxylic acids is 2. The number of carboxylic acid groups (broad SMARTS) is 1. The standard InChI is InChI=1S/C28H34N2O5/c1-2-19(15-26(31)32)30-27(33)20-10-4-3-9-18(20)16-29-28(34)35-17-25-23-13-7-5-11-21(23)22-12-6-8-14-24(22)25/h5-8,11-14,18-20,25H,2-4,9-10,15-17H2,1H3,(H,29,34)(H,30,33)(H,31,32)/t18-,19-,20-/m0/s1. The van der Waals surface area contributed by atoms with Crippen LogP contribution in [0, 0.1) is 11.8 Å². The van der Waals surface area contributed by atoms with Crippen LogP contribution < -0.4 is 10.6 Å². The van der Waals surface area contributed by atoms with Crippen molar-refractivity contribution in [3.8, 4) is 11.1 Å². The van der Waals surface area contributed by atoms with Crippen LogP contribution in [0.5, 0.6) is 0 Å². The van der Waals surface area contributed by atoms with Crippen molar-refractivity contribution in [1.29, 1.82) is 0 Å². The van der Waals surface area contributed by atoms with Gasteiger partial charge in [-0.05, 0) is 47.4 Å². The Bertz CT molecular complexity index is 1020. The van der Waals surface area contributed by atoms with Gasteiger partial charge in [0.25, 0.3) is 0 Å². The van der Waals surface area contributed by atoms with Gasteiger partial charge in [0.1, 0.15) is 6.61 Å². The van der Waals surface area contributed by atoms with E-state index in [1.807, 2.05) is 31.2 Å². The lowest BCUT2D eigenvalue weighted by Gasteiger charge is -2.31. The average Bonchev–Trinajstić information content (AvgIpc) is 3.19. The molecule has 2 amide bonds. The molecular weight excluding hydrogens is 444 g/mol. The number of benzene rings is 2. The summed E-state index contributed by atoms with van der Waals surface area (Å²) >= 11 is 0. The fourth-order valence-corrected chi connectivity index (χ4v) is 5.48. The number of hydrogen-bond donors (Lipinski definition) is 3. The van der Waals surface area contributed by atoms with Crippen molar-refractivity contribution in [2.24, 2.45) is 11.8 Å². The van der Waals surface area contributed by atoms with E-state index in [4.69, 9.17) is 9.84 Å². The van der Waals surface area contributed by atoms with Gasteiger partial charge in [-0.1, -0.05) is 68.3 Å². The molecule has 0 saturated heterocycles. The summed E-state index contributed by atoms with van der Waals surface area (Å²) < 4.78 is 5.64. The van der Waals surface area contributed by atoms with Crippen LogP contribution in [-0.2, 0) is 14.3 Å². The van der Waals surface area contributed by atoms with Gasteiger partial charge in [0.2, 0.25) is 5.91 Å². The van der Waals surface area contributed by atoms with Gasteiger partial charge in [-0.3, -0.25) is 9.59 Å². The first-order valence-corrected chi connectivity index (χ1v) is 12.6. The second-order valence-electron chi connectivity index (χ2n) is 9.57. The molecule has 0 radical (unpaired) electrons. The quantitative estimate of drug-likeness (QED) is 0.485. The molecule has 2 aliphatic rings. The van der Waals surface area contributed by atoms with Crippen LogP contribution in [-0.4, -0.2) is 42.3 Å². The van der Waals surface area contributed by atoms with Crippen molar-refractivity contribution in [3.05, 3.63) is 59.7 Å². The molecule has 1 saturated carbocycles. The molecule has 0 spiro atoms. The van der Waals surface area contributed by atoms with Gasteiger partial charge < -0.3 is 20.5 Å². The molecule has 0 unspecified atom stereocenters. The van der Waals surface area contributed by atoms with Crippen LogP contribution in [0.2, 0.25) is 0 Å². The van der Waals surface area contributed by atoms with Crippen molar-refractivity contribution in [3.63, 3.8) is 0 Å². The van der Waals surface area contributed by atoms with E-state index < -0.39 is 12.1 Å². The summed E-state index contributed by atoms with van der Waals surface area (Å²) in [5.41, 5.74) is 4.69. The lowest BCUT2D eigenvalue weighted by molar-refractivity contribution is -0.138. The molecule has 2 aliphatic carbocycles. The molecule has 0 bridgehead atoms. The van der Waals surface area contributed by atoms with Crippen molar-refractivity contribution >= 4 is 18.0 Å². The number of aliphatic carboxylic acids is 1. The maximum absolute atomic E-state index is 12.9. The highest BCUT2D eigenvalue weighted by Crippen LogP contribution is 2.44. The Hall–Kier alpha value is -3.35. The van der Waals surface area contributed by atoms with Gasteiger partial charge in [-0.15, -0.1) is 0 Å². The average molecular weight is 479 g/mol. The Morgan fingerprint density at radius 3 is 2.26 bits per heavy atom. The smallest absolute Gasteiger partial charge is 0.407 e. The summed E-state index contributed by atoms with van der Waals surface area (Å²) in [7, 11) is 0. The Balaban J connectivity index is 1.31. The van der Waals surface area contributed by atoms with Crippen LogP contribution in [0.1, 0.15) is 62.5 Å². The third-order valence-corrected chi connectivity index (χ3v) is 7.36. The van der Waals surface area contributed by atoms with E-state index in [2.05, 4.69) is 34.9 Å². The molecule has 3 atom stereocenters. The molecule has 7 heteroatoms. The monoisotopic (exact) mass is 478 g/mol. The normalized spacial score (nSPS) is 19.8. The minimum atomic E-state index is -0.922. The van der Waals surface area contributed by atoms with Gasteiger partial charge >= 0.3 is 12.1 Å². The SMILES string of the molecule is CC[C@@H](CC(=O)O)NC(=O)[C@H]1CCCC[C@H]1CNC(=O)OCC1c2ccccc2-c2ccccc21. The Labute approximate surface area is 206 Å². The first-order chi connectivity index (χ1) is 17.0. The van der Waals surface area contributed by atoms with E-state index >= 15 is 0 Å². The minimum Gasteiger partial charge on any atom is -0.481 e. The van der Waals surface area contributed by atoms with Crippen molar-refractivity contribution < 1.29 is 24.2 Å². The summed E-state index contributed by atoms with van der Waals surface area (Å²) in [5.74, 6) is -1.26. The highest BCUT2D eigenvalue weighted by molar-refractivity contribution is 5.81. The zero-order valence-corrected chi connectivity index (χ0v) is 20.2. The van der Waals surface area contributed by atoms with E-state index in [0.29, 0.717) is 13.0 Å². The number of carbonyl (C=O) groups is 3. The summed E-state index contributed by atoms with van der Waals surface area (Å²) in [4.78, 5) is 36.5. The maximum atomic E-state index is 12.9. The molecule has 3 N–H and O–H groups in total. The van der Waals surface area contributed by atoms with Crippen molar-refractivity contribution in [2.75, 3.05) is 13.2 Å². The number of amides is 2. The molecule has 7 nitrogen and oxygen atoms in total. The van der Waals surface area contributed by atoms with E-state index in [1.54, 1.807) is 0 Å². The first kappa shape index (κ1) is 24.8. The number of hydrogen-bond acceptors (Lipinski definition) is 4. The number of fused-ring (bicyclic) bond motifs is 3. The Kier molecular flexibility index (Phi) is 8.06. The van der Waals surface area contributed by atoms with Gasteiger partial charge in [-0.25, -0.2) is 4.79 Å². The summed E-state index contributed by atoms with van der Waals surface area (Å²) in [6.07, 6.45) is 3.55. The Morgan fingerprint density at radius 1 is 1.00 bits per heavy atom. The second-order valence-corrected chi connectivity index (χ2v) is 9.57. The fourth-order valence-electron chi connectivity index (χ4n) is 5.48. The number of nitrogens with one attached hydrogen (secondary N) is 2. The van der Waals surface area contributed by atoms with Gasteiger partial charge in [-0.2, -0.15) is 0 Å². The first-order valence-electron chi connectivity index (χ1n) is 12.6. The molecule has 4 rings (SSSR count). The minimum absolute atomic E-state index is 0.00145. The number of rotatable bonds is 9. The molecule has 0 heterocycles. The van der Waals surface area contributed by atoms with Gasteiger partial charge in [0.15, 0.2) is 0 Å². The largest absolute Gasteiger partial charge is 0.481 e. The molecule has 2 aromatic rings. The van der Waals surface area contributed by atoms with E-state index in [1.165, 1.54) is 11.1 Å². The summed E-state index contributed by atoms with van der Waals surface area (Å²) in [6.45, 7) is 2.48. The molecule has 1 fully saturated rings. The number of carboxylic acids is 1. The highest BCUT2D eigenvalue weighted by atomic mass is 16.5. The zero-order chi connectivity index (χ0) is 24.8. The zero-order valence-electron chi connectivity index (χ0n) is 20.2. The van der Waals surface area contributed by atoms with Gasteiger partial charge in [0.05, 0.1) is 6.42 Å². The van der Waals surface area contributed by atoms with Crippen LogP contribution in [0.4, 0.5) is 4.79 Å². The summed E-state index contributed by atoms with van der Waals surface area (Å²) in [6, 6.07) is 16.0. The molecular formula is C28H34N2O5. The third kappa shape index (κ3) is 5.84. The lowest BCUT2D eigenvalue weighted by Crippen LogP contribution is -2.45. The molecule has 35 heavy (non-hydrogen) atoms. The maximum Gasteiger partial charge on any atom is 0.407 e. The van der Waals surface area contributed by atoms with E-state index in [9.17, 15) is 14.4 Å². The van der Waals surface area contributed by atoms with Crippen LogP contribution in [0.15, 0.2) is 48.5 Å². The molecule has 2 aromatic carbocycles. The summed E-state index contributed by atoms with van der Waals surface area (Å²) in [5, 5.41) is 14.8. The molecule has 186 valence electrons. The third-order valence-electron chi connectivity index (χ3n) is 7.36. The van der Waals surface area contributed by atoms with Crippen LogP contribution in [0.25, 0.3) is 11.1 Å². The highest BCUT2D eigenvalue weighted by Gasteiger charge is 2.33. The van der Waals surface area contributed by atoms with Crippen molar-refractivity contribution in [1.82, 2.24) is 10.6 Å². The number of alkyl carbamates (subject to hydrolysis) is 1. The van der Waals surface area contributed by atoms with Crippen molar-refractivity contribution in [2.45, 2.75) is 57.4 Å². The second kappa shape index (κ2) is 11.4. The van der Waals surface area contributed by atoms with Crippen LogP contribution >= 0.6 is 0 Å². The Morgan fingerprint density at radius 2 is 1.63 bits per heavy atom. The van der Waals surface area contributed by atoms with E-state index in [0.717, 1.165) is 36.8 Å². The molecule has 0 aliphatic heterocycles.